The second-order valence-electron chi connectivity index (χ2n) is 8.07. The van der Waals surface area contributed by atoms with Gasteiger partial charge in [0.05, 0.1) is 25.4 Å². The molecule has 3 rings (SSSR count). The van der Waals surface area contributed by atoms with Gasteiger partial charge in [-0.2, -0.15) is 0 Å². The molecule has 1 aromatic carbocycles. The Labute approximate surface area is 168 Å². The number of aromatic nitrogens is 2. The maximum Gasteiger partial charge on any atom is 0.170 e. The van der Waals surface area contributed by atoms with Crippen LogP contribution in [-0.4, -0.2) is 22.4 Å². The van der Waals surface area contributed by atoms with E-state index >= 15 is 0 Å². The van der Waals surface area contributed by atoms with Gasteiger partial charge < -0.3 is 4.74 Å². The lowest BCUT2D eigenvalue weighted by atomic mass is 9.79. The number of nitrogens with zero attached hydrogens (tertiary/aromatic N) is 2. The van der Waals surface area contributed by atoms with Crippen molar-refractivity contribution in [1.29, 1.82) is 0 Å². The molecule has 0 amide bonds. The summed E-state index contributed by atoms with van der Waals surface area (Å²) in [6.45, 7) is 5.19. The van der Waals surface area contributed by atoms with Crippen molar-refractivity contribution < 1.29 is 9.53 Å². The van der Waals surface area contributed by atoms with Crippen LogP contribution in [0.5, 0.6) is 5.75 Å². The Morgan fingerprint density at radius 3 is 2.36 bits per heavy atom. The highest BCUT2D eigenvalue weighted by Gasteiger charge is 2.20. The minimum atomic E-state index is 0.0560. The van der Waals surface area contributed by atoms with E-state index in [0.717, 1.165) is 24.3 Å². The molecule has 2 aromatic rings. The predicted molar refractivity (Wildman–Crippen MR) is 112 cm³/mol. The summed E-state index contributed by atoms with van der Waals surface area (Å²) >= 11 is 0. The molecule has 1 fully saturated rings. The first-order valence-corrected chi connectivity index (χ1v) is 10.7. The van der Waals surface area contributed by atoms with Gasteiger partial charge in [-0.1, -0.05) is 63.8 Å². The van der Waals surface area contributed by atoms with Gasteiger partial charge in [-0.25, -0.2) is 9.97 Å². The average Bonchev–Trinajstić information content (AvgIpc) is 2.73. The number of ketones is 1. The smallest absolute Gasteiger partial charge is 0.170 e. The lowest BCUT2D eigenvalue weighted by Gasteiger charge is -2.26. The standard InChI is InChI=1S/C24H32N2O2/c1-3-4-5-14-28-22-16-25-24(26-17-22)15-23(27)21-12-10-20(11-13-21)19-8-6-18(2)7-9-19/h10-13,16-19H,3-9,14-15H2,1-2H3. The van der Waals surface area contributed by atoms with E-state index in [2.05, 4.69) is 35.9 Å². The van der Waals surface area contributed by atoms with Crippen molar-refractivity contribution in [2.75, 3.05) is 6.61 Å². The maximum atomic E-state index is 12.6. The van der Waals surface area contributed by atoms with Gasteiger partial charge in [0, 0.05) is 5.56 Å². The molecule has 1 aromatic heterocycles. The Balaban J connectivity index is 1.51. The third-order valence-electron chi connectivity index (χ3n) is 5.74. The van der Waals surface area contributed by atoms with Gasteiger partial charge in [0.15, 0.2) is 11.5 Å². The normalized spacial score (nSPS) is 19.4. The lowest BCUT2D eigenvalue weighted by molar-refractivity contribution is 0.0990. The molecule has 1 aliphatic carbocycles. The van der Waals surface area contributed by atoms with E-state index in [1.807, 2.05) is 12.1 Å². The Morgan fingerprint density at radius 2 is 1.71 bits per heavy atom. The zero-order valence-electron chi connectivity index (χ0n) is 17.2. The van der Waals surface area contributed by atoms with E-state index in [-0.39, 0.29) is 12.2 Å². The Hall–Kier alpha value is -2.23. The fourth-order valence-corrected chi connectivity index (χ4v) is 3.83. The SMILES string of the molecule is CCCCCOc1cnc(CC(=O)c2ccc(C3CCC(C)CC3)cc2)nc1. The molecule has 0 atom stereocenters. The molecule has 0 saturated heterocycles. The number of unbranched alkanes of at least 4 members (excludes halogenated alkanes) is 2. The molecule has 1 heterocycles. The largest absolute Gasteiger partial charge is 0.490 e. The summed E-state index contributed by atoms with van der Waals surface area (Å²) < 4.78 is 5.62. The fraction of sp³-hybridized carbons (Fsp3) is 0.542. The second-order valence-corrected chi connectivity index (χ2v) is 8.07. The maximum absolute atomic E-state index is 12.6. The van der Waals surface area contributed by atoms with E-state index in [4.69, 9.17) is 4.74 Å². The van der Waals surface area contributed by atoms with E-state index < -0.39 is 0 Å². The predicted octanol–water partition coefficient (Wildman–Crippen LogP) is 5.76. The minimum Gasteiger partial charge on any atom is -0.490 e. The monoisotopic (exact) mass is 380 g/mol. The molecule has 0 bridgehead atoms. The quantitative estimate of drug-likeness (QED) is 0.410. The van der Waals surface area contributed by atoms with E-state index in [1.54, 1.807) is 12.4 Å². The van der Waals surface area contributed by atoms with Crippen LogP contribution in [0.25, 0.3) is 0 Å². The van der Waals surface area contributed by atoms with Crippen molar-refractivity contribution in [3.63, 3.8) is 0 Å². The van der Waals surface area contributed by atoms with Crippen LogP contribution in [-0.2, 0) is 6.42 Å². The summed E-state index contributed by atoms with van der Waals surface area (Å²) in [4.78, 5) is 21.1. The first-order valence-electron chi connectivity index (χ1n) is 10.7. The van der Waals surface area contributed by atoms with Crippen molar-refractivity contribution in [2.24, 2.45) is 5.92 Å². The summed E-state index contributed by atoms with van der Waals surface area (Å²) in [5.41, 5.74) is 2.10. The van der Waals surface area contributed by atoms with Gasteiger partial charge in [0.2, 0.25) is 0 Å². The van der Waals surface area contributed by atoms with Crippen LogP contribution < -0.4 is 4.74 Å². The number of benzene rings is 1. The molecule has 4 heteroatoms. The van der Waals surface area contributed by atoms with Crippen LogP contribution >= 0.6 is 0 Å². The van der Waals surface area contributed by atoms with Gasteiger partial charge in [0.1, 0.15) is 5.82 Å². The van der Waals surface area contributed by atoms with Gasteiger partial charge in [-0.05, 0) is 36.7 Å². The van der Waals surface area contributed by atoms with Crippen molar-refractivity contribution in [3.05, 3.63) is 53.6 Å². The zero-order valence-corrected chi connectivity index (χ0v) is 17.2. The molecule has 0 unspecified atom stereocenters. The number of carbonyl (C=O) groups excluding carboxylic acids is 1. The average molecular weight is 381 g/mol. The zero-order chi connectivity index (χ0) is 19.8. The first kappa shape index (κ1) is 20.5. The molecule has 4 nitrogen and oxygen atoms in total. The number of Topliss-reactive ketones (excluding diaryl/α,β-unsaturated/α-hetero) is 1. The van der Waals surface area contributed by atoms with Crippen LogP contribution in [0, 0.1) is 5.92 Å². The van der Waals surface area contributed by atoms with E-state index in [9.17, 15) is 4.79 Å². The van der Waals surface area contributed by atoms with Gasteiger partial charge in [0.25, 0.3) is 0 Å². The minimum absolute atomic E-state index is 0.0560. The molecule has 150 valence electrons. The van der Waals surface area contributed by atoms with Crippen molar-refractivity contribution in [1.82, 2.24) is 9.97 Å². The number of ether oxygens (including phenoxy) is 1. The number of hydrogen-bond acceptors (Lipinski definition) is 4. The van der Waals surface area contributed by atoms with Crippen LogP contribution in [0.3, 0.4) is 0 Å². The number of rotatable bonds is 9. The van der Waals surface area contributed by atoms with E-state index in [0.29, 0.717) is 24.1 Å². The summed E-state index contributed by atoms with van der Waals surface area (Å²) in [6, 6.07) is 8.17. The molecule has 1 saturated carbocycles. The van der Waals surface area contributed by atoms with Gasteiger partial charge in [-0.15, -0.1) is 0 Å². The van der Waals surface area contributed by atoms with Crippen LogP contribution in [0.2, 0.25) is 0 Å². The molecule has 0 spiro atoms. The molecule has 0 radical (unpaired) electrons. The van der Waals surface area contributed by atoms with Crippen LogP contribution in [0.1, 0.15) is 86.5 Å². The van der Waals surface area contributed by atoms with E-state index in [1.165, 1.54) is 37.7 Å². The second kappa shape index (κ2) is 10.4. The van der Waals surface area contributed by atoms with Crippen molar-refractivity contribution in [2.45, 2.75) is 71.1 Å². The first-order chi connectivity index (χ1) is 13.7. The topological polar surface area (TPSA) is 52.1 Å². The molecule has 1 aliphatic rings. The lowest BCUT2D eigenvalue weighted by Crippen LogP contribution is -2.11. The summed E-state index contributed by atoms with van der Waals surface area (Å²) in [6.07, 6.45) is 12.0. The Bertz CT molecular complexity index is 732. The summed E-state index contributed by atoms with van der Waals surface area (Å²) in [5.74, 6) is 2.76. The highest BCUT2D eigenvalue weighted by molar-refractivity contribution is 5.97. The molecular weight excluding hydrogens is 348 g/mol. The third kappa shape index (κ3) is 5.88. The molecule has 0 N–H and O–H groups in total. The Kier molecular flexibility index (Phi) is 7.58. The molecule has 0 aliphatic heterocycles. The molecular formula is C24H32N2O2. The van der Waals surface area contributed by atoms with Crippen LogP contribution in [0.4, 0.5) is 0 Å². The van der Waals surface area contributed by atoms with Crippen molar-refractivity contribution >= 4 is 5.78 Å². The van der Waals surface area contributed by atoms with Crippen LogP contribution in [0.15, 0.2) is 36.7 Å². The van der Waals surface area contributed by atoms with Crippen molar-refractivity contribution in [3.8, 4) is 5.75 Å². The highest BCUT2D eigenvalue weighted by Crippen LogP contribution is 2.35. The Morgan fingerprint density at radius 1 is 1.04 bits per heavy atom. The van der Waals surface area contributed by atoms with Gasteiger partial charge >= 0.3 is 0 Å². The molecule has 28 heavy (non-hydrogen) atoms. The number of hydrogen-bond donors (Lipinski definition) is 0. The summed E-state index contributed by atoms with van der Waals surface area (Å²) in [7, 11) is 0. The number of carbonyl (C=O) groups is 1. The fourth-order valence-electron chi connectivity index (χ4n) is 3.83. The highest BCUT2D eigenvalue weighted by atomic mass is 16.5. The summed E-state index contributed by atoms with van der Waals surface area (Å²) in [5, 5.41) is 0. The van der Waals surface area contributed by atoms with Gasteiger partial charge in [-0.3, -0.25) is 4.79 Å². The third-order valence-corrected chi connectivity index (χ3v) is 5.74.